The van der Waals surface area contributed by atoms with Crippen molar-refractivity contribution in [3.8, 4) is 0 Å². The molecule has 112 valence electrons. The van der Waals surface area contributed by atoms with E-state index in [4.69, 9.17) is 11.6 Å². The Morgan fingerprint density at radius 2 is 1.57 bits per heavy atom. The predicted molar refractivity (Wildman–Crippen MR) is 100 cm³/mol. The lowest BCUT2D eigenvalue weighted by Gasteiger charge is -2.25. The molecule has 0 radical (unpaired) electrons. The summed E-state index contributed by atoms with van der Waals surface area (Å²) in [5.74, 6) is 0. The van der Waals surface area contributed by atoms with Crippen LogP contribution in [-0.2, 0) is 0 Å². The van der Waals surface area contributed by atoms with Crippen LogP contribution in [0.2, 0.25) is 5.02 Å². The summed E-state index contributed by atoms with van der Waals surface area (Å²) in [6.45, 7) is 8.78. The van der Waals surface area contributed by atoms with E-state index in [0.717, 1.165) is 5.02 Å². The van der Waals surface area contributed by atoms with Crippen LogP contribution in [0.4, 0.5) is 0 Å². The quantitative estimate of drug-likeness (QED) is 0.656. The Labute approximate surface area is 146 Å². The van der Waals surface area contributed by atoms with Crippen molar-refractivity contribution >= 4 is 34.2 Å². The zero-order valence-corrected chi connectivity index (χ0v) is 16.1. The van der Waals surface area contributed by atoms with Crippen LogP contribution >= 0.6 is 34.2 Å². The van der Waals surface area contributed by atoms with Gasteiger partial charge in [0.05, 0.1) is 6.04 Å². The first kappa shape index (κ1) is 16.8. The molecule has 0 heterocycles. The summed E-state index contributed by atoms with van der Waals surface area (Å²) >= 11 is 8.60. The van der Waals surface area contributed by atoms with E-state index in [9.17, 15) is 0 Å². The van der Waals surface area contributed by atoms with Gasteiger partial charge in [0.2, 0.25) is 0 Å². The van der Waals surface area contributed by atoms with Crippen LogP contribution in [0.25, 0.3) is 0 Å². The van der Waals surface area contributed by atoms with Crippen molar-refractivity contribution in [2.24, 2.45) is 0 Å². The summed E-state index contributed by atoms with van der Waals surface area (Å²) in [6.07, 6.45) is 0. The van der Waals surface area contributed by atoms with Crippen molar-refractivity contribution < 1.29 is 0 Å². The number of nitrogens with one attached hydrogen (secondary N) is 1. The van der Waals surface area contributed by atoms with Crippen molar-refractivity contribution in [3.63, 3.8) is 0 Å². The molecule has 0 amide bonds. The second-order valence-electron chi connectivity index (χ2n) is 5.56. The van der Waals surface area contributed by atoms with Crippen LogP contribution in [0.3, 0.4) is 0 Å². The van der Waals surface area contributed by atoms with Crippen LogP contribution < -0.4 is 5.32 Å². The highest BCUT2D eigenvalue weighted by molar-refractivity contribution is 14.1. The number of rotatable bonds is 3. The van der Waals surface area contributed by atoms with Crippen molar-refractivity contribution in [2.75, 3.05) is 7.05 Å². The summed E-state index contributed by atoms with van der Waals surface area (Å²) in [7, 11) is 2.01. The Bertz CT molecular complexity index is 653. The third-order valence-electron chi connectivity index (χ3n) is 4.27. The summed E-state index contributed by atoms with van der Waals surface area (Å²) in [4.78, 5) is 0. The van der Waals surface area contributed by atoms with E-state index in [0.29, 0.717) is 0 Å². The minimum atomic E-state index is 0.161. The third kappa shape index (κ3) is 3.27. The molecule has 0 aliphatic carbocycles. The second kappa shape index (κ2) is 6.67. The highest BCUT2D eigenvalue weighted by Crippen LogP contribution is 2.34. The molecule has 0 bridgehead atoms. The van der Waals surface area contributed by atoms with E-state index in [1.54, 1.807) is 0 Å². The van der Waals surface area contributed by atoms with Gasteiger partial charge in [0.25, 0.3) is 0 Å². The zero-order valence-electron chi connectivity index (χ0n) is 13.1. The molecule has 0 saturated heterocycles. The van der Waals surface area contributed by atoms with Crippen LogP contribution in [0.5, 0.6) is 0 Å². The Morgan fingerprint density at radius 3 is 2.10 bits per heavy atom. The minimum Gasteiger partial charge on any atom is -0.309 e. The molecule has 2 aromatic rings. The van der Waals surface area contributed by atoms with Gasteiger partial charge in [-0.05, 0) is 109 Å². The molecule has 1 atom stereocenters. The van der Waals surface area contributed by atoms with Crippen molar-refractivity contribution in [3.05, 3.63) is 66.2 Å². The fraction of sp³-hybridized carbons (Fsp3) is 0.333. The van der Waals surface area contributed by atoms with Crippen LogP contribution in [0.1, 0.15) is 39.4 Å². The molecule has 1 N–H and O–H groups in total. The van der Waals surface area contributed by atoms with Gasteiger partial charge in [0, 0.05) is 8.59 Å². The Balaban J connectivity index is 2.70. The molecule has 0 fully saturated rings. The Morgan fingerprint density at radius 1 is 1.00 bits per heavy atom. The van der Waals surface area contributed by atoms with Gasteiger partial charge in [-0.3, -0.25) is 0 Å². The standard InChI is InChI=1S/C18H21ClIN/c1-10-8-11(2)13(4)17(12(10)3)18(21-5)15-9-14(19)6-7-16(15)20/h6-9,18,21H,1-5H3. The van der Waals surface area contributed by atoms with Gasteiger partial charge in [-0.1, -0.05) is 17.7 Å². The SMILES string of the molecule is CNC(c1cc(Cl)ccc1I)c1c(C)c(C)cc(C)c1C. The van der Waals surface area contributed by atoms with E-state index in [-0.39, 0.29) is 6.04 Å². The van der Waals surface area contributed by atoms with E-state index in [1.807, 2.05) is 13.1 Å². The maximum Gasteiger partial charge on any atom is 0.0590 e. The highest BCUT2D eigenvalue weighted by Gasteiger charge is 2.21. The van der Waals surface area contributed by atoms with E-state index >= 15 is 0 Å². The van der Waals surface area contributed by atoms with Crippen molar-refractivity contribution in [2.45, 2.75) is 33.7 Å². The average molecular weight is 414 g/mol. The lowest BCUT2D eigenvalue weighted by Crippen LogP contribution is -2.21. The largest absolute Gasteiger partial charge is 0.309 e. The van der Waals surface area contributed by atoms with Crippen LogP contribution in [0.15, 0.2) is 24.3 Å². The molecular formula is C18H21ClIN. The van der Waals surface area contributed by atoms with E-state index < -0.39 is 0 Å². The second-order valence-corrected chi connectivity index (χ2v) is 7.16. The van der Waals surface area contributed by atoms with Crippen molar-refractivity contribution in [1.29, 1.82) is 0 Å². The molecule has 0 aromatic heterocycles. The molecular weight excluding hydrogens is 393 g/mol. The number of benzene rings is 2. The maximum atomic E-state index is 6.22. The van der Waals surface area contributed by atoms with Crippen LogP contribution in [0, 0.1) is 31.3 Å². The maximum absolute atomic E-state index is 6.22. The van der Waals surface area contributed by atoms with Gasteiger partial charge in [-0.15, -0.1) is 0 Å². The lowest BCUT2D eigenvalue weighted by molar-refractivity contribution is 0.678. The summed E-state index contributed by atoms with van der Waals surface area (Å²) < 4.78 is 1.23. The predicted octanol–water partition coefficient (Wildman–Crippen LogP) is 5.49. The topological polar surface area (TPSA) is 12.0 Å². The molecule has 21 heavy (non-hydrogen) atoms. The minimum absolute atomic E-state index is 0.161. The molecule has 2 rings (SSSR count). The van der Waals surface area contributed by atoms with E-state index in [2.05, 4.69) is 73.8 Å². The normalized spacial score (nSPS) is 12.5. The molecule has 0 aliphatic rings. The number of aryl methyl sites for hydroxylation is 2. The van der Waals surface area contributed by atoms with Gasteiger partial charge in [-0.2, -0.15) is 0 Å². The zero-order chi connectivity index (χ0) is 15.7. The van der Waals surface area contributed by atoms with Gasteiger partial charge >= 0.3 is 0 Å². The van der Waals surface area contributed by atoms with Crippen molar-refractivity contribution in [1.82, 2.24) is 5.32 Å². The first-order chi connectivity index (χ1) is 9.86. The first-order valence-corrected chi connectivity index (χ1v) is 8.52. The third-order valence-corrected chi connectivity index (χ3v) is 5.49. The molecule has 3 heteroatoms. The average Bonchev–Trinajstić information content (AvgIpc) is 2.44. The van der Waals surface area contributed by atoms with Gasteiger partial charge in [0.1, 0.15) is 0 Å². The summed E-state index contributed by atoms with van der Waals surface area (Å²) in [6, 6.07) is 8.52. The Kier molecular flexibility index (Phi) is 5.33. The van der Waals surface area contributed by atoms with Gasteiger partial charge in [-0.25, -0.2) is 0 Å². The number of halogens is 2. The number of hydrogen-bond acceptors (Lipinski definition) is 1. The van der Waals surface area contributed by atoms with Gasteiger partial charge < -0.3 is 5.32 Å². The Hall–Kier alpha value is -0.580. The van der Waals surface area contributed by atoms with Gasteiger partial charge in [0.15, 0.2) is 0 Å². The molecule has 0 saturated carbocycles. The molecule has 0 aliphatic heterocycles. The highest BCUT2D eigenvalue weighted by atomic mass is 127. The fourth-order valence-electron chi connectivity index (χ4n) is 2.87. The molecule has 1 unspecified atom stereocenters. The molecule has 1 nitrogen and oxygen atoms in total. The molecule has 0 spiro atoms. The monoisotopic (exact) mass is 413 g/mol. The smallest absolute Gasteiger partial charge is 0.0590 e. The summed E-state index contributed by atoms with van der Waals surface area (Å²) in [5, 5.41) is 4.26. The van der Waals surface area contributed by atoms with Crippen LogP contribution in [-0.4, -0.2) is 7.05 Å². The van der Waals surface area contributed by atoms with E-state index in [1.165, 1.54) is 37.0 Å². The lowest BCUT2D eigenvalue weighted by atomic mass is 9.87. The molecule has 2 aromatic carbocycles. The fourth-order valence-corrected chi connectivity index (χ4v) is 3.70. The summed E-state index contributed by atoms with van der Waals surface area (Å²) in [5.41, 5.74) is 7.99. The number of hydrogen-bond donors (Lipinski definition) is 1. The first-order valence-electron chi connectivity index (χ1n) is 7.06.